The lowest BCUT2D eigenvalue weighted by Gasteiger charge is -2.40. The maximum absolute atomic E-state index is 13.8. The lowest BCUT2D eigenvalue weighted by Crippen LogP contribution is -2.50. The van der Waals surface area contributed by atoms with Gasteiger partial charge in [0.25, 0.3) is 0 Å². The first-order chi connectivity index (χ1) is 10.4. The highest BCUT2D eigenvalue weighted by atomic mass is 35.5. The third-order valence-corrected chi connectivity index (χ3v) is 4.67. The molecule has 0 spiro atoms. The summed E-state index contributed by atoms with van der Waals surface area (Å²) < 4.78 is 13.8. The minimum absolute atomic E-state index is 0.153. The summed E-state index contributed by atoms with van der Waals surface area (Å²) in [6.07, 6.45) is 1.87. The zero-order valence-corrected chi connectivity index (χ0v) is 14.0. The first kappa shape index (κ1) is 17.0. The molecular formula is C16H23ClFN3O. The molecule has 1 aromatic rings. The van der Waals surface area contributed by atoms with Crippen LogP contribution in [0, 0.1) is 5.82 Å². The fourth-order valence-electron chi connectivity index (χ4n) is 2.98. The van der Waals surface area contributed by atoms with Crippen LogP contribution in [0.3, 0.4) is 0 Å². The predicted octanol–water partition coefficient (Wildman–Crippen LogP) is 3.82. The highest BCUT2D eigenvalue weighted by Crippen LogP contribution is 2.23. The van der Waals surface area contributed by atoms with Gasteiger partial charge in [-0.3, -0.25) is 0 Å². The molecule has 1 aliphatic rings. The van der Waals surface area contributed by atoms with Crippen molar-refractivity contribution in [2.24, 2.45) is 0 Å². The lowest BCUT2D eigenvalue weighted by molar-refractivity contribution is 0.104. The Morgan fingerprint density at radius 2 is 2.27 bits per heavy atom. The van der Waals surface area contributed by atoms with E-state index in [0.717, 1.165) is 25.9 Å². The number of nitrogens with one attached hydrogen (secondary N) is 1. The van der Waals surface area contributed by atoms with Gasteiger partial charge in [-0.1, -0.05) is 18.5 Å². The number of amides is 2. The van der Waals surface area contributed by atoms with Gasteiger partial charge in [-0.2, -0.15) is 0 Å². The first-order valence-corrected chi connectivity index (χ1v) is 8.03. The Bertz CT molecular complexity index is 540. The number of benzene rings is 1. The molecular weight excluding hydrogens is 305 g/mol. The van der Waals surface area contributed by atoms with Crippen molar-refractivity contribution in [1.82, 2.24) is 9.80 Å². The summed E-state index contributed by atoms with van der Waals surface area (Å²) in [6.45, 7) is 6.34. The summed E-state index contributed by atoms with van der Waals surface area (Å²) >= 11 is 5.71. The van der Waals surface area contributed by atoms with E-state index in [2.05, 4.69) is 24.1 Å². The van der Waals surface area contributed by atoms with Crippen LogP contribution >= 0.6 is 11.6 Å². The minimum atomic E-state index is -0.525. The maximum Gasteiger partial charge on any atom is 0.321 e. The van der Waals surface area contributed by atoms with Gasteiger partial charge < -0.3 is 15.1 Å². The fraction of sp³-hybridized carbons (Fsp3) is 0.562. The number of carbonyl (C=O) groups is 1. The van der Waals surface area contributed by atoms with Crippen LogP contribution in [0.5, 0.6) is 0 Å². The van der Waals surface area contributed by atoms with Crippen LogP contribution in [0.25, 0.3) is 0 Å². The Balaban J connectivity index is 1.97. The van der Waals surface area contributed by atoms with Crippen molar-refractivity contribution in [2.45, 2.75) is 38.8 Å². The fourth-order valence-corrected chi connectivity index (χ4v) is 3.14. The molecule has 0 aliphatic carbocycles. The van der Waals surface area contributed by atoms with Gasteiger partial charge in [-0.25, -0.2) is 9.18 Å². The van der Waals surface area contributed by atoms with Crippen LogP contribution in [0.4, 0.5) is 14.9 Å². The Kier molecular flexibility index (Phi) is 5.64. The quantitative estimate of drug-likeness (QED) is 0.916. The van der Waals surface area contributed by atoms with Crippen LogP contribution < -0.4 is 5.32 Å². The predicted molar refractivity (Wildman–Crippen MR) is 87.9 cm³/mol. The molecule has 1 aliphatic heterocycles. The molecule has 0 saturated carbocycles. The van der Waals surface area contributed by atoms with Crippen molar-refractivity contribution in [3.8, 4) is 0 Å². The van der Waals surface area contributed by atoms with Crippen molar-refractivity contribution < 1.29 is 9.18 Å². The Labute approximate surface area is 136 Å². The monoisotopic (exact) mass is 327 g/mol. The van der Waals surface area contributed by atoms with Crippen LogP contribution in [-0.4, -0.2) is 48.1 Å². The van der Waals surface area contributed by atoms with E-state index in [1.807, 2.05) is 0 Å². The van der Waals surface area contributed by atoms with Gasteiger partial charge in [-0.15, -0.1) is 0 Å². The van der Waals surface area contributed by atoms with Crippen molar-refractivity contribution in [2.75, 3.05) is 25.5 Å². The number of hydrogen-bond donors (Lipinski definition) is 1. The van der Waals surface area contributed by atoms with E-state index in [4.69, 9.17) is 11.6 Å². The normalized spacial score (nSPS) is 22.4. The van der Waals surface area contributed by atoms with Gasteiger partial charge in [0.15, 0.2) is 0 Å². The van der Waals surface area contributed by atoms with E-state index < -0.39 is 5.82 Å². The number of urea groups is 1. The molecule has 1 N–H and O–H groups in total. The van der Waals surface area contributed by atoms with Crippen LogP contribution in [0.15, 0.2) is 18.2 Å². The van der Waals surface area contributed by atoms with Crippen molar-refractivity contribution in [3.63, 3.8) is 0 Å². The van der Waals surface area contributed by atoms with E-state index in [0.29, 0.717) is 11.1 Å². The zero-order chi connectivity index (χ0) is 16.3. The largest absolute Gasteiger partial charge is 0.325 e. The SMILES string of the molecule is CCN1CC[C@@H](N(C)C(=O)Nc2ccc(Cl)cc2F)C[C@@H]1C. The summed E-state index contributed by atoms with van der Waals surface area (Å²) in [5, 5.41) is 2.92. The number of rotatable bonds is 3. The number of carbonyl (C=O) groups excluding carboxylic acids is 1. The molecule has 22 heavy (non-hydrogen) atoms. The van der Waals surface area contributed by atoms with Gasteiger partial charge in [0, 0.05) is 30.7 Å². The molecule has 122 valence electrons. The van der Waals surface area contributed by atoms with Crippen LogP contribution in [0.2, 0.25) is 5.02 Å². The van der Waals surface area contributed by atoms with Crippen LogP contribution in [-0.2, 0) is 0 Å². The molecule has 2 atom stereocenters. The van der Waals surface area contributed by atoms with Crippen molar-refractivity contribution >= 4 is 23.3 Å². The summed E-state index contributed by atoms with van der Waals surface area (Å²) in [4.78, 5) is 16.4. The van der Waals surface area contributed by atoms with Gasteiger partial charge in [0.2, 0.25) is 0 Å². The van der Waals surface area contributed by atoms with Gasteiger partial charge in [0.05, 0.1) is 5.69 Å². The van der Waals surface area contributed by atoms with Gasteiger partial charge >= 0.3 is 6.03 Å². The minimum Gasteiger partial charge on any atom is -0.325 e. The highest BCUT2D eigenvalue weighted by Gasteiger charge is 2.29. The molecule has 6 heteroatoms. The van der Waals surface area contributed by atoms with E-state index in [1.54, 1.807) is 18.0 Å². The first-order valence-electron chi connectivity index (χ1n) is 7.65. The average Bonchev–Trinajstić information content (AvgIpc) is 2.49. The molecule has 0 bridgehead atoms. The van der Waals surface area contributed by atoms with Crippen molar-refractivity contribution in [3.05, 3.63) is 29.0 Å². The molecule has 0 aromatic heterocycles. The molecule has 0 radical (unpaired) electrons. The number of piperidine rings is 1. The van der Waals surface area contributed by atoms with E-state index in [-0.39, 0.29) is 17.8 Å². The van der Waals surface area contributed by atoms with Crippen molar-refractivity contribution in [1.29, 1.82) is 0 Å². The molecule has 2 rings (SSSR count). The summed E-state index contributed by atoms with van der Waals surface area (Å²) in [5.41, 5.74) is 0.153. The Morgan fingerprint density at radius 3 is 2.86 bits per heavy atom. The molecule has 2 amide bonds. The topological polar surface area (TPSA) is 35.6 Å². The van der Waals surface area contributed by atoms with Gasteiger partial charge in [-0.05, 0) is 44.5 Å². The molecule has 4 nitrogen and oxygen atoms in total. The summed E-state index contributed by atoms with van der Waals surface area (Å²) in [5.74, 6) is -0.525. The second kappa shape index (κ2) is 7.29. The number of likely N-dealkylation sites (tertiary alicyclic amines) is 1. The van der Waals surface area contributed by atoms with E-state index in [9.17, 15) is 9.18 Å². The number of halogens is 2. The Hall–Kier alpha value is -1.33. The van der Waals surface area contributed by atoms with E-state index in [1.165, 1.54) is 12.1 Å². The van der Waals surface area contributed by atoms with Gasteiger partial charge in [0.1, 0.15) is 5.82 Å². The second-order valence-electron chi connectivity index (χ2n) is 5.82. The highest BCUT2D eigenvalue weighted by molar-refractivity contribution is 6.30. The standard InChI is InChI=1S/C16H23ClFN3O/c1-4-21-8-7-13(9-11(21)2)20(3)16(22)19-15-6-5-12(17)10-14(15)18/h5-6,10-11,13H,4,7-9H2,1-3H3,(H,19,22)/t11-,13+/m0/s1. The molecule has 0 unspecified atom stereocenters. The Morgan fingerprint density at radius 1 is 1.55 bits per heavy atom. The number of hydrogen-bond acceptors (Lipinski definition) is 2. The second-order valence-corrected chi connectivity index (χ2v) is 6.26. The number of nitrogens with zero attached hydrogens (tertiary/aromatic N) is 2. The summed E-state index contributed by atoms with van der Waals surface area (Å²) in [7, 11) is 1.77. The molecule has 1 fully saturated rings. The third-order valence-electron chi connectivity index (χ3n) is 4.43. The smallest absolute Gasteiger partial charge is 0.321 e. The maximum atomic E-state index is 13.8. The molecule has 1 saturated heterocycles. The molecule has 1 heterocycles. The zero-order valence-electron chi connectivity index (χ0n) is 13.3. The average molecular weight is 328 g/mol. The number of anilines is 1. The molecule has 1 aromatic carbocycles. The summed E-state index contributed by atoms with van der Waals surface area (Å²) in [6, 6.07) is 4.56. The van der Waals surface area contributed by atoms with Crippen LogP contribution in [0.1, 0.15) is 26.7 Å². The van der Waals surface area contributed by atoms with E-state index >= 15 is 0 Å². The lowest BCUT2D eigenvalue weighted by atomic mass is 9.97. The third kappa shape index (κ3) is 3.90.